The number of carbonyl (C=O) groups is 3. The van der Waals surface area contributed by atoms with Gasteiger partial charge in [0.15, 0.2) is 0 Å². The van der Waals surface area contributed by atoms with Crippen LogP contribution < -0.4 is 15.5 Å². The quantitative estimate of drug-likeness (QED) is 0.310. The van der Waals surface area contributed by atoms with E-state index in [1.54, 1.807) is 0 Å². The van der Waals surface area contributed by atoms with Crippen molar-refractivity contribution in [3.05, 3.63) is 76.9 Å². The summed E-state index contributed by atoms with van der Waals surface area (Å²) in [6.07, 6.45) is 9.02. The van der Waals surface area contributed by atoms with Crippen molar-refractivity contribution in [3.63, 3.8) is 0 Å². The fourth-order valence-corrected chi connectivity index (χ4v) is 7.30. The van der Waals surface area contributed by atoms with Crippen LogP contribution in [-0.4, -0.2) is 85.8 Å². The van der Waals surface area contributed by atoms with Crippen molar-refractivity contribution in [3.8, 4) is 0 Å². The molecule has 252 valence electrons. The summed E-state index contributed by atoms with van der Waals surface area (Å²) >= 11 is 0. The van der Waals surface area contributed by atoms with E-state index in [0.29, 0.717) is 48.4 Å². The summed E-state index contributed by atoms with van der Waals surface area (Å²) in [4.78, 5) is 56.9. The van der Waals surface area contributed by atoms with Gasteiger partial charge in [0, 0.05) is 76.0 Å². The lowest BCUT2D eigenvalue weighted by atomic mass is 9.86. The molecule has 7 rings (SSSR count). The lowest BCUT2D eigenvalue weighted by Crippen LogP contribution is -2.52. The molecule has 3 fully saturated rings. The summed E-state index contributed by atoms with van der Waals surface area (Å²) in [7, 11) is 0. The largest absolute Gasteiger partial charge is 0.383 e. The molecule has 0 radical (unpaired) electrons. The molecule has 0 spiro atoms. The molecule has 6 heterocycles. The maximum atomic E-state index is 13.1. The fourth-order valence-electron chi connectivity index (χ4n) is 7.30. The molecule has 48 heavy (non-hydrogen) atoms. The summed E-state index contributed by atoms with van der Waals surface area (Å²) < 4.78 is 0. The van der Waals surface area contributed by atoms with E-state index in [2.05, 4.69) is 73.5 Å². The van der Waals surface area contributed by atoms with Gasteiger partial charge in [0.1, 0.15) is 11.6 Å². The van der Waals surface area contributed by atoms with Crippen molar-refractivity contribution < 1.29 is 19.5 Å². The SMILES string of the molecule is CC(C)c1cnc(NC2CCN(c3ccc(CN4CCC(O)(c5cc6c(cn5)C(=O)N(C5CCC(=O)NC5=O)C6)CC4)cc3)CC2)nc1. The molecule has 1 atom stereocenters. The van der Waals surface area contributed by atoms with Gasteiger partial charge in [-0.05, 0) is 72.9 Å². The first-order valence-electron chi connectivity index (χ1n) is 17.2. The Morgan fingerprint density at radius 1 is 0.958 bits per heavy atom. The molecule has 2 aromatic heterocycles. The van der Waals surface area contributed by atoms with Crippen LogP contribution in [0.25, 0.3) is 0 Å². The number of benzene rings is 1. The summed E-state index contributed by atoms with van der Waals surface area (Å²) in [5.74, 6) is 0.123. The van der Waals surface area contributed by atoms with E-state index in [4.69, 9.17) is 0 Å². The number of amides is 3. The van der Waals surface area contributed by atoms with Crippen LogP contribution in [0.4, 0.5) is 11.6 Å². The van der Waals surface area contributed by atoms with Gasteiger partial charge in [-0.3, -0.25) is 29.6 Å². The second-order valence-corrected chi connectivity index (χ2v) is 14.0. The lowest BCUT2D eigenvalue weighted by Gasteiger charge is -2.38. The van der Waals surface area contributed by atoms with Crippen molar-refractivity contribution in [2.45, 2.75) is 89.1 Å². The van der Waals surface area contributed by atoms with Crippen molar-refractivity contribution >= 4 is 29.4 Å². The van der Waals surface area contributed by atoms with Crippen LogP contribution in [0.2, 0.25) is 0 Å². The Kier molecular flexibility index (Phi) is 8.86. The Labute approximate surface area is 281 Å². The van der Waals surface area contributed by atoms with Gasteiger partial charge in [-0.1, -0.05) is 26.0 Å². The second-order valence-electron chi connectivity index (χ2n) is 14.0. The second kappa shape index (κ2) is 13.2. The predicted octanol–water partition coefficient (Wildman–Crippen LogP) is 3.32. The highest BCUT2D eigenvalue weighted by atomic mass is 16.3. The summed E-state index contributed by atoms with van der Waals surface area (Å²) in [6.45, 7) is 8.77. The van der Waals surface area contributed by atoms with Gasteiger partial charge >= 0.3 is 0 Å². The number of rotatable bonds is 8. The average molecular weight is 653 g/mol. The smallest absolute Gasteiger partial charge is 0.256 e. The Balaban J connectivity index is 0.890. The van der Waals surface area contributed by atoms with Crippen molar-refractivity contribution in [1.29, 1.82) is 0 Å². The van der Waals surface area contributed by atoms with Crippen molar-refractivity contribution in [1.82, 2.24) is 30.1 Å². The molecule has 0 bridgehead atoms. The Bertz CT molecular complexity index is 1660. The third-order valence-electron chi connectivity index (χ3n) is 10.4. The third-order valence-corrected chi connectivity index (χ3v) is 10.4. The van der Waals surface area contributed by atoms with Crippen molar-refractivity contribution in [2.75, 3.05) is 36.4 Å². The number of aliphatic hydroxyl groups is 1. The van der Waals surface area contributed by atoms with Crippen LogP contribution in [0, 0.1) is 0 Å². The number of fused-ring (bicyclic) bond motifs is 1. The number of carbonyl (C=O) groups excluding carboxylic acids is 3. The Morgan fingerprint density at radius 3 is 2.33 bits per heavy atom. The lowest BCUT2D eigenvalue weighted by molar-refractivity contribution is -0.136. The molecule has 3 aromatic rings. The van der Waals surface area contributed by atoms with Crippen LogP contribution >= 0.6 is 0 Å². The number of anilines is 2. The van der Waals surface area contributed by atoms with Crippen LogP contribution in [0.1, 0.15) is 91.0 Å². The number of nitrogens with zero attached hydrogens (tertiary/aromatic N) is 6. The van der Waals surface area contributed by atoms with Gasteiger partial charge in [-0.2, -0.15) is 0 Å². The molecule has 3 saturated heterocycles. The van der Waals surface area contributed by atoms with E-state index in [9.17, 15) is 19.5 Å². The molecule has 0 saturated carbocycles. The van der Waals surface area contributed by atoms with Gasteiger partial charge in [-0.25, -0.2) is 9.97 Å². The van der Waals surface area contributed by atoms with E-state index >= 15 is 0 Å². The monoisotopic (exact) mass is 652 g/mol. The summed E-state index contributed by atoms with van der Waals surface area (Å²) in [5.41, 5.74) is 4.33. The fraction of sp³-hybridized carbons (Fsp3) is 0.500. The molecule has 12 heteroatoms. The molecule has 4 aliphatic rings. The number of piperidine rings is 3. The number of imide groups is 1. The zero-order chi connectivity index (χ0) is 33.4. The zero-order valence-corrected chi connectivity index (χ0v) is 27.7. The van der Waals surface area contributed by atoms with Gasteiger partial charge in [-0.15, -0.1) is 0 Å². The molecule has 3 N–H and O–H groups in total. The van der Waals surface area contributed by atoms with Crippen LogP contribution in [0.15, 0.2) is 48.9 Å². The Hall–Kier alpha value is -4.42. The number of hydrogen-bond donors (Lipinski definition) is 3. The van der Waals surface area contributed by atoms with E-state index in [1.807, 2.05) is 18.5 Å². The first-order chi connectivity index (χ1) is 23.1. The highest BCUT2D eigenvalue weighted by molar-refractivity contribution is 6.05. The van der Waals surface area contributed by atoms with Crippen LogP contribution in [0.5, 0.6) is 0 Å². The van der Waals surface area contributed by atoms with Gasteiger partial charge in [0.2, 0.25) is 17.8 Å². The zero-order valence-electron chi connectivity index (χ0n) is 27.7. The molecule has 1 unspecified atom stereocenters. The topological polar surface area (TPSA) is 144 Å². The first kappa shape index (κ1) is 32.1. The number of pyridine rings is 1. The number of hydrogen-bond acceptors (Lipinski definition) is 10. The highest BCUT2D eigenvalue weighted by Gasteiger charge is 2.41. The Morgan fingerprint density at radius 2 is 1.67 bits per heavy atom. The maximum Gasteiger partial charge on any atom is 0.256 e. The average Bonchev–Trinajstić information content (AvgIpc) is 3.42. The molecule has 4 aliphatic heterocycles. The van der Waals surface area contributed by atoms with E-state index in [0.717, 1.165) is 56.7 Å². The van der Waals surface area contributed by atoms with Gasteiger partial charge in [0.25, 0.3) is 5.91 Å². The van der Waals surface area contributed by atoms with E-state index in [-0.39, 0.29) is 24.8 Å². The summed E-state index contributed by atoms with van der Waals surface area (Å²) in [6, 6.07) is 10.4. The van der Waals surface area contributed by atoms with Gasteiger partial charge < -0.3 is 20.2 Å². The van der Waals surface area contributed by atoms with E-state index in [1.165, 1.54) is 22.3 Å². The predicted molar refractivity (Wildman–Crippen MR) is 180 cm³/mol. The number of aromatic nitrogens is 3. The maximum absolute atomic E-state index is 13.1. The summed E-state index contributed by atoms with van der Waals surface area (Å²) in [5, 5.41) is 17.5. The van der Waals surface area contributed by atoms with Crippen LogP contribution in [-0.2, 0) is 28.3 Å². The first-order valence-corrected chi connectivity index (χ1v) is 17.2. The molecular weight excluding hydrogens is 608 g/mol. The van der Waals surface area contributed by atoms with Gasteiger partial charge in [0.05, 0.1) is 11.3 Å². The normalized spacial score (nSPS) is 21.8. The minimum absolute atomic E-state index is 0.211. The molecular formula is C36H44N8O4. The molecule has 12 nitrogen and oxygen atoms in total. The minimum atomic E-state index is -1.08. The highest BCUT2D eigenvalue weighted by Crippen LogP contribution is 2.35. The third kappa shape index (κ3) is 6.64. The molecule has 3 amide bonds. The number of nitrogens with one attached hydrogen (secondary N) is 2. The van der Waals surface area contributed by atoms with E-state index < -0.39 is 17.6 Å². The van der Waals surface area contributed by atoms with Crippen molar-refractivity contribution in [2.24, 2.45) is 0 Å². The standard InChI is InChI=1S/C36H44N8O4/c1-23(2)26-18-38-35(39-19-26)40-27-9-13-43(14-10-27)28-5-3-24(4-6-28)21-42-15-11-36(48,12-16-42)31-17-25-22-44(34(47)29(25)20-37-31)30-7-8-32(45)41-33(30)46/h3-6,17-20,23,27,30,48H,7-16,21-22H2,1-2H3,(H,38,39,40)(H,41,45,46). The minimum Gasteiger partial charge on any atom is -0.383 e. The number of likely N-dealkylation sites (tertiary alicyclic amines) is 1. The van der Waals surface area contributed by atoms with Crippen LogP contribution in [0.3, 0.4) is 0 Å². The molecule has 1 aromatic carbocycles. The molecule has 0 aliphatic carbocycles.